The maximum absolute atomic E-state index is 13.8. The molecule has 4 heterocycles. The first kappa shape index (κ1) is 27.0. The molecule has 2 unspecified atom stereocenters. The molecule has 1 aromatic heterocycles. The van der Waals surface area contributed by atoms with Crippen LogP contribution in [0.5, 0.6) is 11.5 Å². The third-order valence-corrected chi connectivity index (χ3v) is 9.10. The van der Waals surface area contributed by atoms with Crippen molar-refractivity contribution in [1.82, 2.24) is 9.88 Å². The highest BCUT2D eigenvalue weighted by Crippen LogP contribution is 2.46. The van der Waals surface area contributed by atoms with Gasteiger partial charge in [-0.2, -0.15) is 0 Å². The lowest BCUT2D eigenvalue weighted by molar-refractivity contribution is 0.0936. The van der Waals surface area contributed by atoms with Gasteiger partial charge in [0.05, 0.1) is 16.8 Å². The summed E-state index contributed by atoms with van der Waals surface area (Å²) >= 11 is 0. The van der Waals surface area contributed by atoms with Crippen molar-refractivity contribution in [1.29, 1.82) is 0 Å². The van der Waals surface area contributed by atoms with Crippen LogP contribution in [0.4, 0.5) is 5.69 Å². The van der Waals surface area contributed by atoms with E-state index in [9.17, 15) is 9.59 Å². The van der Waals surface area contributed by atoms with Crippen molar-refractivity contribution < 1.29 is 14.3 Å². The molecule has 3 aliphatic heterocycles. The number of carbonyl (C=O) groups is 1. The third-order valence-electron chi connectivity index (χ3n) is 9.10. The minimum atomic E-state index is -0.336. The number of nitrogens with zero attached hydrogens (tertiary/aromatic N) is 2. The molecule has 0 radical (unpaired) electrons. The summed E-state index contributed by atoms with van der Waals surface area (Å²) in [4.78, 5) is 29.5. The number of aromatic nitrogens is 1. The van der Waals surface area contributed by atoms with Gasteiger partial charge in [0.25, 0.3) is 5.91 Å². The number of benzene rings is 3. The van der Waals surface area contributed by atoms with Gasteiger partial charge in [-0.05, 0) is 73.1 Å². The molecule has 3 aromatic carbocycles. The van der Waals surface area contributed by atoms with Crippen molar-refractivity contribution in [2.24, 2.45) is 11.7 Å². The molecule has 3 N–H and O–H groups in total. The SMILES string of the molecule is NC1CCN(c2ccc3c(=O)c(C(=O)NCCCC4CCCCOCC4)cn4c3c2Oc2cc3ccccc3cc2-4)C1. The first-order valence-corrected chi connectivity index (χ1v) is 15.4. The van der Waals surface area contributed by atoms with Gasteiger partial charge in [0.2, 0.25) is 5.43 Å². The Morgan fingerprint density at radius 3 is 2.69 bits per heavy atom. The topological polar surface area (TPSA) is 98.8 Å². The summed E-state index contributed by atoms with van der Waals surface area (Å²) in [5, 5.41) is 5.62. The van der Waals surface area contributed by atoms with E-state index in [-0.39, 0.29) is 22.9 Å². The number of carbonyl (C=O) groups excluding carboxylic acids is 1. The number of anilines is 1. The van der Waals surface area contributed by atoms with Crippen molar-refractivity contribution in [3.8, 4) is 17.2 Å². The van der Waals surface area contributed by atoms with Crippen molar-refractivity contribution in [3.05, 3.63) is 70.5 Å². The Morgan fingerprint density at radius 2 is 1.86 bits per heavy atom. The van der Waals surface area contributed by atoms with Crippen LogP contribution in [0.25, 0.3) is 27.4 Å². The fourth-order valence-electron chi connectivity index (χ4n) is 6.79. The molecule has 0 saturated carbocycles. The second-order valence-corrected chi connectivity index (χ2v) is 12.0. The molecule has 4 aromatic rings. The largest absolute Gasteiger partial charge is 0.451 e. The molecule has 0 bridgehead atoms. The van der Waals surface area contributed by atoms with Crippen LogP contribution in [0.3, 0.4) is 0 Å². The Kier molecular flexibility index (Phi) is 7.34. The highest BCUT2D eigenvalue weighted by molar-refractivity contribution is 6.02. The zero-order chi connectivity index (χ0) is 28.6. The normalized spacial score (nSPS) is 20.2. The average Bonchev–Trinajstić information content (AvgIpc) is 3.42. The summed E-state index contributed by atoms with van der Waals surface area (Å²) in [5.74, 6) is 1.62. The molecule has 8 nitrogen and oxygen atoms in total. The van der Waals surface area contributed by atoms with Crippen molar-refractivity contribution in [3.63, 3.8) is 0 Å². The maximum Gasteiger partial charge on any atom is 0.256 e. The van der Waals surface area contributed by atoms with Gasteiger partial charge in [0, 0.05) is 45.1 Å². The second kappa shape index (κ2) is 11.4. The number of rotatable bonds is 6. The van der Waals surface area contributed by atoms with Crippen LogP contribution in [0.2, 0.25) is 0 Å². The predicted octanol–water partition coefficient (Wildman–Crippen LogP) is 5.50. The second-order valence-electron chi connectivity index (χ2n) is 12.0. The van der Waals surface area contributed by atoms with E-state index in [0.717, 1.165) is 80.6 Å². The summed E-state index contributed by atoms with van der Waals surface area (Å²) < 4.78 is 14.2. The minimum Gasteiger partial charge on any atom is -0.451 e. The van der Waals surface area contributed by atoms with Crippen LogP contribution in [-0.2, 0) is 4.74 Å². The standard InChI is InChI=1S/C34H38N4O4/c35-25-12-15-37(20-25)28-11-10-26-31-33(28)42-30-19-24-9-2-1-8-23(24)18-29(30)38(31)21-27(32(26)39)34(40)36-14-5-7-22-6-3-4-16-41-17-13-22/h1-2,8-11,18-19,21-22,25H,3-7,12-17,20,35H2,(H,36,40). The monoisotopic (exact) mass is 566 g/mol. The Bertz CT molecular complexity index is 1710. The van der Waals surface area contributed by atoms with E-state index >= 15 is 0 Å². The van der Waals surface area contributed by atoms with Crippen molar-refractivity contribution >= 4 is 33.3 Å². The zero-order valence-corrected chi connectivity index (χ0v) is 23.9. The molecule has 218 valence electrons. The van der Waals surface area contributed by atoms with Crippen LogP contribution < -0.4 is 26.1 Å². The molecule has 7 rings (SSSR count). The molecule has 0 aliphatic carbocycles. The maximum atomic E-state index is 13.8. The summed E-state index contributed by atoms with van der Waals surface area (Å²) in [7, 11) is 0. The molecule has 3 aliphatic rings. The van der Waals surface area contributed by atoms with Crippen LogP contribution in [0, 0.1) is 5.92 Å². The van der Waals surface area contributed by atoms with E-state index in [0.29, 0.717) is 34.9 Å². The van der Waals surface area contributed by atoms with Crippen LogP contribution in [0.1, 0.15) is 55.3 Å². The summed E-state index contributed by atoms with van der Waals surface area (Å²) in [6.45, 7) is 3.78. The fourth-order valence-corrected chi connectivity index (χ4v) is 6.79. The van der Waals surface area contributed by atoms with Gasteiger partial charge in [-0.15, -0.1) is 0 Å². The first-order valence-electron chi connectivity index (χ1n) is 15.4. The third kappa shape index (κ3) is 5.03. The zero-order valence-electron chi connectivity index (χ0n) is 23.9. The highest BCUT2D eigenvalue weighted by Gasteiger charge is 2.30. The van der Waals surface area contributed by atoms with Gasteiger partial charge in [0.1, 0.15) is 11.1 Å². The van der Waals surface area contributed by atoms with E-state index in [1.54, 1.807) is 6.20 Å². The van der Waals surface area contributed by atoms with E-state index in [2.05, 4.69) is 28.4 Å². The van der Waals surface area contributed by atoms with Gasteiger partial charge in [-0.3, -0.25) is 9.59 Å². The molecule has 2 fully saturated rings. The van der Waals surface area contributed by atoms with E-state index < -0.39 is 0 Å². The lowest BCUT2D eigenvalue weighted by Gasteiger charge is -2.29. The number of nitrogens with two attached hydrogens (primary N) is 1. The van der Waals surface area contributed by atoms with Crippen molar-refractivity contribution in [2.45, 2.75) is 51.0 Å². The lowest BCUT2D eigenvalue weighted by atomic mass is 9.93. The minimum absolute atomic E-state index is 0.0985. The van der Waals surface area contributed by atoms with E-state index in [1.165, 1.54) is 12.8 Å². The van der Waals surface area contributed by atoms with Gasteiger partial charge >= 0.3 is 0 Å². The summed E-state index contributed by atoms with van der Waals surface area (Å²) in [6, 6.07) is 16.1. The number of fused-ring (bicyclic) bond motifs is 3. The van der Waals surface area contributed by atoms with Crippen LogP contribution in [0.15, 0.2) is 59.5 Å². The Hall–Kier alpha value is -3.88. The molecule has 0 spiro atoms. The number of nitrogens with one attached hydrogen (secondary N) is 1. The van der Waals surface area contributed by atoms with E-state index in [4.69, 9.17) is 15.2 Å². The smallest absolute Gasteiger partial charge is 0.256 e. The summed E-state index contributed by atoms with van der Waals surface area (Å²) in [6.07, 6.45) is 9.15. The van der Waals surface area contributed by atoms with Crippen LogP contribution >= 0.6 is 0 Å². The van der Waals surface area contributed by atoms with Crippen molar-refractivity contribution in [2.75, 3.05) is 37.7 Å². The van der Waals surface area contributed by atoms with Gasteiger partial charge in [0.15, 0.2) is 11.5 Å². The number of amides is 1. The number of hydrogen-bond acceptors (Lipinski definition) is 6. The first-order chi connectivity index (χ1) is 20.6. The molecule has 2 atom stereocenters. The lowest BCUT2D eigenvalue weighted by Crippen LogP contribution is -2.31. The molecule has 8 heteroatoms. The number of pyridine rings is 1. The van der Waals surface area contributed by atoms with Gasteiger partial charge in [-0.1, -0.05) is 37.1 Å². The quantitative estimate of drug-likeness (QED) is 0.263. The Morgan fingerprint density at radius 1 is 1.00 bits per heavy atom. The molecular formula is C34H38N4O4. The summed E-state index contributed by atoms with van der Waals surface area (Å²) in [5.41, 5.74) is 8.51. The number of ether oxygens (including phenoxy) is 2. The molecule has 2 saturated heterocycles. The molecular weight excluding hydrogens is 528 g/mol. The number of hydrogen-bond donors (Lipinski definition) is 2. The Labute approximate surface area is 245 Å². The molecule has 42 heavy (non-hydrogen) atoms. The molecule has 1 amide bonds. The van der Waals surface area contributed by atoms with Gasteiger partial charge in [-0.25, -0.2) is 0 Å². The van der Waals surface area contributed by atoms with E-state index in [1.807, 2.05) is 34.9 Å². The van der Waals surface area contributed by atoms with Gasteiger partial charge < -0.3 is 30.0 Å². The predicted molar refractivity (Wildman–Crippen MR) is 166 cm³/mol. The Balaban J connectivity index is 1.24. The fraction of sp³-hybridized carbons (Fsp3) is 0.412. The highest BCUT2D eigenvalue weighted by atomic mass is 16.5. The average molecular weight is 567 g/mol. The van der Waals surface area contributed by atoms with Crippen LogP contribution in [-0.4, -0.2) is 49.4 Å².